The van der Waals surface area contributed by atoms with E-state index in [4.69, 9.17) is 4.98 Å². The Balaban J connectivity index is 1.02. The third kappa shape index (κ3) is 5.82. The second kappa shape index (κ2) is 14.2. The van der Waals surface area contributed by atoms with Crippen molar-refractivity contribution in [2.24, 2.45) is 0 Å². The first-order chi connectivity index (χ1) is 29.7. The van der Waals surface area contributed by atoms with Gasteiger partial charge in [0.1, 0.15) is 5.01 Å². The zero-order valence-corrected chi connectivity index (χ0v) is 34.0. The zero-order valence-electron chi connectivity index (χ0n) is 32.4. The molecule has 0 saturated heterocycles. The first kappa shape index (κ1) is 34.7. The maximum Gasteiger partial charge on any atom is 0.124 e. The number of thiophene rings is 1. The van der Waals surface area contributed by atoms with Gasteiger partial charge in [-0.05, 0) is 107 Å². The second-order valence-corrected chi connectivity index (χ2v) is 17.3. The summed E-state index contributed by atoms with van der Waals surface area (Å²) in [5.41, 5.74) is 13.8. The number of thiazole rings is 1. The topological polar surface area (TPSA) is 21.1 Å². The SMILES string of the molecule is c1ccc(-c2nc3cc4sc5ccc(-c6ccc(N(c7ccccc7)c7ccc8c(c7)c7ccccc7n8-c7ccccc7)cc6-c6ccccc6)cc5c4cc3s2)cc1. The highest BCUT2D eigenvalue weighted by molar-refractivity contribution is 7.26. The third-order valence-corrected chi connectivity index (χ3v) is 13.8. The molecular formula is C55H35N3S2. The fourth-order valence-corrected chi connectivity index (χ4v) is 10.9. The van der Waals surface area contributed by atoms with Crippen LogP contribution in [-0.4, -0.2) is 9.55 Å². The van der Waals surface area contributed by atoms with E-state index in [2.05, 4.69) is 222 Å². The average molecular weight is 802 g/mol. The largest absolute Gasteiger partial charge is 0.310 e. The molecule has 0 bridgehead atoms. The number of para-hydroxylation sites is 3. The summed E-state index contributed by atoms with van der Waals surface area (Å²) in [6.07, 6.45) is 0. The summed E-state index contributed by atoms with van der Waals surface area (Å²) in [7, 11) is 0. The van der Waals surface area contributed by atoms with Gasteiger partial charge in [0.15, 0.2) is 0 Å². The van der Waals surface area contributed by atoms with Gasteiger partial charge in [0.05, 0.1) is 21.3 Å². The van der Waals surface area contributed by atoms with Gasteiger partial charge in [-0.15, -0.1) is 22.7 Å². The maximum atomic E-state index is 5.04. The van der Waals surface area contributed by atoms with Gasteiger partial charge in [0, 0.05) is 59.3 Å². The van der Waals surface area contributed by atoms with Crippen LogP contribution in [-0.2, 0) is 0 Å². The Morgan fingerprint density at radius 1 is 0.367 bits per heavy atom. The molecule has 0 atom stereocenters. The highest BCUT2D eigenvalue weighted by Gasteiger charge is 2.20. The van der Waals surface area contributed by atoms with Crippen LogP contribution in [0, 0.1) is 0 Å². The number of hydrogen-bond acceptors (Lipinski definition) is 4. The lowest BCUT2D eigenvalue weighted by atomic mass is 9.93. The molecule has 0 radical (unpaired) electrons. The summed E-state index contributed by atoms with van der Waals surface area (Å²) >= 11 is 3.61. The van der Waals surface area contributed by atoms with Gasteiger partial charge in [-0.3, -0.25) is 0 Å². The molecule has 5 heteroatoms. The van der Waals surface area contributed by atoms with Crippen LogP contribution >= 0.6 is 22.7 Å². The van der Waals surface area contributed by atoms with Crippen molar-refractivity contribution in [2.75, 3.05) is 4.90 Å². The van der Waals surface area contributed by atoms with Crippen LogP contribution in [0.4, 0.5) is 17.1 Å². The summed E-state index contributed by atoms with van der Waals surface area (Å²) in [6, 6.07) is 76.9. The Kier molecular flexibility index (Phi) is 8.22. The molecular weight excluding hydrogens is 767 g/mol. The fraction of sp³-hybridized carbons (Fsp3) is 0. The highest BCUT2D eigenvalue weighted by atomic mass is 32.1. The molecule has 12 rings (SSSR count). The van der Waals surface area contributed by atoms with Crippen LogP contribution in [0.15, 0.2) is 212 Å². The molecule has 3 heterocycles. The van der Waals surface area contributed by atoms with Crippen LogP contribution in [0.25, 0.3) is 90.7 Å². The summed E-state index contributed by atoms with van der Waals surface area (Å²) < 4.78 is 6.14. The lowest BCUT2D eigenvalue weighted by Gasteiger charge is -2.27. The van der Waals surface area contributed by atoms with Crippen molar-refractivity contribution in [1.82, 2.24) is 9.55 Å². The molecule has 0 aliphatic rings. The molecule has 3 nitrogen and oxygen atoms in total. The standard InChI is InChI=1S/C55H35N3S2/c1-5-15-36(16-6-1)45-32-41(26-28-43(45)38-25-30-52-47(31-38)48-34-54-49(35-53(48)59-52)56-55(60-54)37-17-7-2-8-18-37)57(39-19-9-3-10-20-39)42-27-29-51-46(33-42)44-23-13-14-24-50(44)58(51)40-21-11-4-12-22-40/h1-35H. The van der Waals surface area contributed by atoms with Crippen LogP contribution in [0.1, 0.15) is 0 Å². The molecule has 0 aliphatic heterocycles. The summed E-state index contributed by atoms with van der Waals surface area (Å²) in [6.45, 7) is 0. The van der Waals surface area contributed by atoms with Gasteiger partial charge in [0.25, 0.3) is 0 Å². The van der Waals surface area contributed by atoms with E-state index in [0.29, 0.717) is 0 Å². The van der Waals surface area contributed by atoms with Crippen molar-refractivity contribution in [3.63, 3.8) is 0 Å². The normalized spacial score (nSPS) is 11.7. The van der Waals surface area contributed by atoms with Gasteiger partial charge in [-0.1, -0.05) is 127 Å². The Bertz CT molecular complexity index is 3530. The smallest absolute Gasteiger partial charge is 0.124 e. The minimum absolute atomic E-state index is 1.06. The van der Waals surface area contributed by atoms with E-state index in [-0.39, 0.29) is 0 Å². The van der Waals surface area contributed by atoms with E-state index in [0.717, 1.165) is 38.8 Å². The maximum absolute atomic E-state index is 5.04. The number of hydrogen-bond donors (Lipinski definition) is 0. The summed E-state index contributed by atoms with van der Waals surface area (Å²) in [4.78, 5) is 7.43. The lowest BCUT2D eigenvalue weighted by Crippen LogP contribution is -2.10. The van der Waals surface area contributed by atoms with Crippen molar-refractivity contribution < 1.29 is 0 Å². The molecule has 0 N–H and O–H groups in total. The van der Waals surface area contributed by atoms with Crippen molar-refractivity contribution in [3.8, 4) is 38.5 Å². The van der Waals surface area contributed by atoms with E-state index in [1.807, 2.05) is 11.3 Å². The van der Waals surface area contributed by atoms with Gasteiger partial charge in [-0.2, -0.15) is 0 Å². The van der Waals surface area contributed by atoms with Crippen LogP contribution in [0.3, 0.4) is 0 Å². The van der Waals surface area contributed by atoms with Crippen molar-refractivity contribution >= 4 is 91.9 Å². The molecule has 0 fully saturated rings. The van der Waals surface area contributed by atoms with Gasteiger partial charge in [0.2, 0.25) is 0 Å². The predicted molar refractivity (Wildman–Crippen MR) is 258 cm³/mol. The van der Waals surface area contributed by atoms with Gasteiger partial charge < -0.3 is 9.47 Å². The molecule has 3 aromatic heterocycles. The minimum atomic E-state index is 1.06. The van der Waals surface area contributed by atoms with E-state index in [1.165, 1.54) is 68.9 Å². The number of benzene rings is 9. The highest BCUT2D eigenvalue weighted by Crippen LogP contribution is 2.45. The number of anilines is 3. The molecule has 282 valence electrons. The number of rotatable bonds is 7. The minimum Gasteiger partial charge on any atom is -0.310 e. The monoisotopic (exact) mass is 801 g/mol. The van der Waals surface area contributed by atoms with E-state index >= 15 is 0 Å². The lowest BCUT2D eigenvalue weighted by molar-refractivity contribution is 1.18. The van der Waals surface area contributed by atoms with Crippen LogP contribution < -0.4 is 4.90 Å². The molecule has 9 aromatic carbocycles. The van der Waals surface area contributed by atoms with Crippen molar-refractivity contribution in [3.05, 3.63) is 212 Å². The number of aromatic nitrogens is 2. The third-order valence-electron chi connectivity index (χ3n) is 11.6. The summed E-state index contributed by atoms with van der Waals surface area (Å²) in [5.74, 6) is 0. The van der Waals surface area contributed by atoms with Crippen LogP contribution in [0.2, 0.25) is 0 Å². The Morgan fingerprint density at radius 3 is 1.82 bits per heavy atom. The molecule has 60 heavy (non-hydrogen) atoms. The number of nitrogens with zero attached hydrogens (tertiary/aromatic N) is 3. The first-order valence-corrected chi connectivity index (χ1v) is 21.8. The Morgan fingerprint density at radius 2 is 1.02 bits per heavy atom. The Labute approximate surface area is 355 Å². The molecule has 0 spiro atoms. The van der Waals surface area contributed by atoms with E-state index in [9.17, 15) is 0 Å². The summed E-state index contributed by atoms with van der Waals surface area (Å²) in [5, 5.41) is 6.07. The number of fused-ring (bicyclic) bond motifs is 7. The molecule has 12 aromatic rings. The fourth-order valence-electron chi connectivity index (χ4n) is 8.83. The zero-order chi connectivity index (χ0) is 39.6. The van der Waals surface area contributed by atoms with Gasteiger partial charge >= 0.3 is 0 Å². The van der Waals surface area contributed by atoms with Crippen LogP contribution in [0.5, 0.6) is 0 Å². The molecule has 0 unspecified atom stereocenters. The van der Waals surface area contributed by atoms with Gasteiger partial charge in [-0.25, -0.2) is 4.98 Å². The first-order valence-electron chi connectivity index (χ1n) is 20.2. The van der Waals surface area contributed by atoms with E-state index < -0.39 is 0 Å². The quantitative estimate of drug-likeness (QED) is 0.160. The molecule has 0 aliphatic carbocycles. The van der Waals surface area contributed by atoms with E-state index in [1.54, 1.807) is 11.3 Å². The molecule has 0 saturated carbocycles. The Hall–Kier alpha value is -7.31. The molecule has 0 amide bonds. The predicted octanol–water partition coefficient (Wildman–Crippen LogP) is 16.2. The van der Waals surface area contributed by atoms with Crippen molar-refractivity contribution in [1.29, 1.82) is 0 Å². The average Bonchev–Trinajstić information content (AvgIpc) is 4.00. The van der Waals surface area contributed by atoms with Crippen molar-refractivity contribution in [2.45, 2.75) is 0 Å². The second-order valence-electron chi connectivity index (χ2n) is 15.2.